The molecule has 0 heterocycles. The summed E-state index contributed by atoms with van der Waals surface area (Å²) in [5.41, 5.74) is 0. The van der Waals surface area contributed by atoms with Crippen LogP contribution in [0.4, 0.5) is 0 Å². The largest absolute Gasteiger partial charge is 0.368 e. The van der Waals surface area contributed by atoms with Crippen molar-refractivity contribution in [3.8, 4) is 6.07 Å². The first-order chi connectivity index (χ1) is 8.06. The molecule has 2 atom stereocenters. The summed E-state index contributed by atoms with van der Waals surface area (Å²) in [6, 6.07) is 2.13. The zero-order valence-corrected chi connectivity index (χ0v) is 11.0. The predicted molar refractivity (Wildman–Crippen MR) is 67.3 cm³/mol. The molecule has 0 saturated heterocycles. The lowest BCUT2D eigenvalue weighted by molar-refractivity contribution is -0.142. The van der Waals surface area contributed by atoms with Crippen LogP contribution in [0, 0.1) is 17.2 Å². The molecule has 0 spiro atoms. The average Bonchev–Trinajstić information content (AvgIpc) is 2.34. The highest BCUT2D eigenvalue weighted by Gasteiger charge is 2.21. The fraction of sp³-hybridized carbons (Fsp3) is 0.692. The van der Waals surface area contributed by atoms with Crippen LogP contribution >= 0.6 is 0 Å². The van der Waals surface area contributed by atoms with Crippen LogP contribution in [0.2, 0.25) is 0 Å². The topological polar surface area (TPSA) is 53.3 Å². The van der Waals surface area contributed by atoms with E-state index in [-0.39, 0.29) is 11.8 Å². The number of ether oxygens (including phenoxy) is 1. The second-order valence-electron chi connectivity index (χ2n) is 4.00. The lowest BCUT2D eigenvalue weighted by atomic mass is 10.2. The Balaban J connectivity index is 4.23. The first-order valence-electron chi connectivity index (χ1n) is 5.97. The van der Waals surface area contributed by atoms with Gasteiger partial charge in [-0.05, 0) is 27.2 Å². The van der Waals surface area contributed by atoms with Crippen molar-refractivity contribution in [2.45, 2.75) is 33.3 Å². The van der Waals surface area contributed by atoms with Gasteiger partial charge < -0.3 is 9.64 Å². The number of hydrogen-bond donors (Lipinski definition) is 0. The molecule has 0 aliphatic carbocycles. The van der Waals surface area contributed by atoms with Gasteiger partial charge in [-0.3, -0.25) is 4.79 Å². The number of nitrogens with zero attached hydrogens (tertiary/aromatic N) is 2. The van der Waals surface area contributed by atoms with Crippen molar-refractivity contribution in [3.63, 3.8) is 0 Å². The second-order valence-corrected chi connectivity index (χ2v) is 4.00. The van der Waals surface area contributed by atoms with Crippen molar-refractivity contribution >= 4 is 5.91 Å². The minimum absolute atomic E-state index is 0.0568. The van der Waals surface area contributed by atoms with Crippen molar-refractivity contribution in [1.29, 1.82) is 5.26 Å². The van der Waals surface area contributed by atoms with Crippen LogP contribution in [0.1, 0.15) is 27.2 Å². The molecule has 0 aliphatic heterocycles. The predicted octanol–water partition coefficient (Wildman–Crippen LogP) is 1.98. The average molecular weight is 238 g/mol. The molecule has 0 aromatic carbocycles. The lowest BCUT2D eigenvalue weighted by Gasteiger charge is -2.25. The Labute approximate surface area is 104 Å². The SMILES string of the molecule is C=CCCO[C@@H](C)C(=O)N(CC)C[C@@H](C)C#N. The quantitative estimate of drug-likeness (QED) is 0.480. The highest BCUT2D eigenvalue weighted by atomic mass is 16.5. The molecule has 0 aromatic rings. The Morgan fingerprint density at radius 1 is 1.59 bits per heavy atom. The smallest absolute Gasteiger partial charge is 0.251 e. The second kappa shape index (κ2) is 8.77. The molecule has 0 unspecified atom stereocenters. The zero-order chi connectivity index (χ0) is 13.3. The van der Waals surface area contributed by atoms with Gasteiger partial charge in [-0.25, -0.2) is 0 Å². The van der Waals surface area contributed by atoms with Gasteiger partial charge in [-0.15, -0.1) is 6.58 Å². The molecule has 0 rings (SSSR count). The maximum atomic E-state index is 12.0. The maximum absolute atomic E-state index is 12.0. The van der Waals surface area contributed by atoms with Gasteiger partial charge in [0.1, 0.15) is 6.10 Å². The summed E-state index contributed by atoms with van der Waals surface area (Å²) in [5.74, 6) is -0.210. The van der Waals surface area contributed by atoms with E-state index in [1.54, 1.807) is 24.8 Å². The Morgan fingerprint density at radius 2 is 2.24 bits per heavy atom. The van der Waals surface area contributed by atoms with Crippen molar-refractivity contribution in [2.75, 3.05) is 19.7 Å². The van der Waals surface area contributed by atoms with E-state index in [0.717, 1.165) is 6.42 Å². The van der Waals surface area contributed by atoms with Gasteiger partial charge in [0.05, 0.1) is 18.6 Å². The van der Waals surface area contributed by atoms with E-state index in [0.29, 0.717) is 19.7 Å². The van der Waals surface area contributed by atoms with Crippen LogP contribution in [-0.4, -0.2) is 36.6 Å². The van der Waals surface area contributed by atoms with Crippen LogP contribution in [0.25, 0.3) is 0 Å². The molecule has 96 valence electrons. The minimum atomic E-state index is -0.458. The summed E-state index contributed by atoms with van der Waals surface area (Å²) >= 11 is 0. The monoisotopic (exact) mass is 238 g/mol. The third kappa shape index (κ3) is 6.08. The summed E-state index contributed by atoms with van der Waals surface area (Å²) in [4.78, 5) is 13.6. The van der Waals surface area contributed by atoms with E-state index in [4.69, 9.17) is 10.00 Å². The van der Waals surface area contributed by atoms with Crippen LogP contribution in [-0.2, 0) is 9.53 Å². The molecular formula is C13H22N2O2. The van der Waals surface area contributed by atoms with Crippen LogP contribution in [0.3, 0.4) is 0 Å². The molecule has 0 aromatic heterocycles. The minimum Gasteiger partial charge on any atom is -0.368 e. The third-order valence-corrected chi connectivity index (χ3v) is 2.45. The van der Waals surface area contributed by atoms with Crippen LogP contribution in [0.15, 0.2) is 12.7 Å². The van der Waals surface area contributed by atoms with E-state index in [1.807, 2.05) is 6.92 Å². The van der Waals surface area contributed by atoms with E-state index >= 15 is 0 Å². The zero-order valence-electron chi connectivity index (χ0n) is 11.0. The third-order valence-electron chi connectivity index (χ3n) is 2.45. The molecule has 4 heteroatoms. The molecule has 1 amide bonds. The molecule has 0 bridgehead atoms. The Morgan fingerprint density at radius 3 is 2.71 bits per heavy atom. The van der Waals surface area contributed by atoms with Crippen LogP contribution < -0.4 is 0 Å². The van der Waals surface area contributed by atoms with E-state index in [2.05, 4.69) is 12.6 Å². The normalized spacial score (nSPS) is 13.5. The first kappa shape index (κ1) is 15.7. The molecule has 0 N–H and O–H groups in total. The molecular weight excluding hydrogens is 216 g/mol. The Bertz CT molecular complexity index is 284. The molecule has 0 saturated carbocycles. The summed E-state index contributed by atoms with van der Waals surface area (Å²) < 4.78 is 5.40. The Kier molecular flexibility index (Phi) is 8.08. The number of rotatable bonds is 8. The first-order valence-corrected chi connectivity index (χ1v) is 5.97. The van der Waals surface area contributed by atoms with Gasteiger partial charge in [0, 0.05) is 13.1 Å². The summed E-state index contributed by atoms with van der Waals surface area (Å²) in [5, 5.41) is 8.74. The number of carbonyl (C=O) groups is 1. The number of amides is 1. The number of nitriles is 1. The fourth-order valence-corrected chi connectivity index (χ4v) is 1.40. The van der Waals surface area contributed by atoms with Crippen molar-refractivity contribution in [3.05, 3.63) is 12.7 Å². The van der Waals surface area contributed by atoms with Crippen molar-refractivity contribution < 1.29 is 9.53 Å². The van der Waals surface area contributed by atoms with Gasteiger partial charge in [0.2, 0.25) is 0 Å². The maximum Gasteiger partial charge on any atom is 0.251 e. The van der Waals surface area contributed by atoms with Gasteiger partial charge in [0.15, 0.2) is 0 Å². The number of likely N-dealkylation sites (N-methyl/N-ethyl adjacent to an activating group) is 1. The number of hydrogen-bond acceptors (Lipinski definition) is 3. The summed E-state index contributed by atoms with van der Waals surface area (Å²) in [6.45, 7) is 10.6. The number of carbonyl (C=O) groups excluding carboxylic acids is 1. The van der Waals surface area contributed by atoms with E-state index in [9.17, 15) is 4.79 Å². The van der Waals surface area contributed by atoms with Gasteiger partial charge >= 0.3 is 0 Å². The lowest BCUT2D eigenvalue weighted by Crippen LogP contribution is -2.41. The molecule has 0 radical (unpaired) electrons. The molecule has 17 heavy (non-hydrogen) atoms. The summed E-state index contributed by atoms with van der Waals surface area (Å²) in [6.07, 6.45) is 2.03. The highest BCUT2D eigenvalue weighted by Crippen LogP contribution is 2.04. The standard InChI is InChI=1S/C13H22N2O2/c1-5-7-8-17-12(4)13(16)15(6-2)10-11(3)9-14/h5,11-12H,1,6-8,10H2,2-4H3/t11-,12-/m0/s1. The fourth-order valence-electron chi connectivity index (χ4n) is 1.40. The van der Waals surface area contributed by atoms with Gasteiger partial charge in [-0.2, -0.15) is 5.26 Å². The van der Waals surface area contributed by atoms with Gasteiger partial charge in [0.25, 0.3) is 5.91 Å². The van der Waals surface area contributed by atoms with E-state index in [1.165, 1.54) is 0 Å². The van der Waals surface area contributed by atoms with Crippen LogP contribution in [0.5, 0.6) is 0 Å². The Hall–Kier alpha value is -1.34. The van der Waals surface area contributed by atoms with Gasteiger partial charge in [-0.1, -0.05) is 6.08 Å². The highest BCUT2D eigenvalue weighted by molar-refractivity contribution is 5.80. The molecule has 0 aliphatic rings. The molecule has 0 fully saturated rings. The van der Waals surface area contributed by atoms with Crippen molar-refractivity contribution in [2.24, 2.45) is 5.92 Å². The summed E-state index contributed by atoms with van der Waals surface area (Å²) in [7, 11) is 0. The van der Waals surface area contributed by atoms with E-state index < -0.39 is 6.10 Å². The van der Waals surface area contributed by atoms with Crippen molar-refractivity contribution in [1.82, 2.24) is 4.90 Å². The molecule has 4 nitrogen and oxygen atoms in total.